The van der Waals surface area contributed by atoms with Crippen molar-refractivity contribution in [1.29, 1.82) is 0 Å². The number of nitrogens with one attached hydrogen (secondary N) is 1. The van der Waals surface area contributed by atoms with E-state index in [-0.39, 0.29) is 17.3 Å². The molecule has 0 atom stereocenters. The number of carbonyl (C=O) groups excluding carboxylic acids is 1. The summed E-state index contributed by atoms with van der Waals surface area (Å²) < 4.78 is 34.6. The summed E-state index contributed by atoms with van der Waals surface area (Å²) in [4.78, 5) is 15.1. The van der Waals surface area contributed by atoms with Crippen LogP contribution in [0.1, 0.15) is 13.8 Å². The molecule has 4 rings (SSSR count). The smallest absolute Gasteiger partial charge is 0.246 e. The van der Waals surface area contributed by atoms with E-state index in [4.69, 9.17) is 4.74 Å². The van der Waals surface area contributed by atoms with Gasteiger partial charge in [-0.15, -0.1) is 5.10 Å². The van der Waals surface area contributed by atoms with E-state index < -0.39 is 10.0 Å². The van der Waals surface area contributed by atoms with E-state index in [1.165, 1.54) is 15.1 Å². The van der Waals surface area contributed by atoms with Gasteiger partial charge in [0.25, 0.3) is 0 Å². The molecule has 1 aliphatic rings. The van der Waals surface area contributed by atoms with Crippen LogP contribution in [0.3, 0.4) is 0 Å². The topological polar surface area (TPSA) is 110 Å². The fraction of sp³-hybridized carbons (Fsp3) is 0.409. The average Bonchev–Trinajstić information content (AvgIpc) is 3.24. The predicted octanol–water partition coefficient (Wildman–Crippen LogP) is 1.94. The molecule has 33 heavy (non-hydrogen) atoms. The quantitative estimate of drug-likeness (QED) is 0.533. The van der Waals surface area contributed by atoms with Crippen molar-refractivity contribution in [2.75, 3.05) is 49.6 Å². The zero-order valence-electron chi connectivity index (χ0n) is 18.8. The number of hydrogen-bond acceptors (Lipinski definition) is 7. The third kappa shape index (κ3) is 4.85. The third-order valence-electron chi connectivity index (χ3n) is 5.67. The minimum atomic E-state index is -3.70. The molecule has 0 aliphatic carbocycles. The van der Waals surface area contributed by atoms with Gasteiger partial charge in [-0.25, -0.2) is 13.1 Å². The van der Waals surface area contributed by atoms with Crippen molar-refractivity contribution in [3.63, 3.8) is 0 Å². The standard InChI is InChI=1S/C22H28N6O4S/c1-3-26(4-2)20-10-9-17(33(30,31)27-11-13-32-14-12-27)15-19(20)23-22(29)16-28-21-8-6-5-7-18(21)24-25-28/h5-10,15H,3-4,11-14,16H2,1-2H3,(H,23,29). The van der Waals surface area contributed by atoms with Crippen LogP contribution in [-0.2, 0) is 26.1 Å². The molecule has 1 N–H and O–H groups in total. The van der Waals surface area contributed by atoms with Crippen molar-refractivity contribution >= 4 is 38.3 Å². The Labute approximate surface area is 193 Å². The number of rotatable bonds is 8. The van der Waals surface area contributed by atoms with Gasteiger partial charge in [-0.05, 0) is 44.2 Å². The zero-order valence-corrected chi connectivity index (χ0v) is 19.6. The van der Waals surface area contributed by atoms with Crippen molar-refractivity contribution in [3.8, 4) is 0 Å². The van der Waals surface area contributed by atoms with E-state index in [9.17, 15) is 13.2 Å². The van der Waals surface area contributed by atoms with Gasteiger partial charge in [-0.2, -0.15) is 4.31 Å². The summed E-state index contributed by atoms with van der Waals surface area (Å²) in [5.41, 5.74) is 2.66. The van der Waals surface area contributed by atoms with E-state index in [0.717, 1.165) is 11.2 Å². The van der Waals surface area contributed by atoms with Gasteiger partial charge in [-0.1, -0.05) is 17.3 Å². The Morgan fingerprint density at radius 3 is 2.58 bits per heavy atom. The highest BCUT2D eigenvalue weighted by molar-refractivity contribution is 7.89. The van der Waals surface area contributed by atoms with Crippen molar-refractivity contribution in [2.45, 2.75) is 25.3 Å². The average molecular weight is 473 g/mol. The Balaban J connectivity index is 1.63. The van der Waals surface area contributed by atoms with Gasteiger partial charge in [0.05, 0.1) is 35.0 Å². The van der Waals surface area contributed by atoms with Crippen LogP contribution in [0.4, 0.5) is 11.4 Å². The van der Waals surface area contributed by atoms with Crippen LogP contribution < -0.4 is 10.2 Å². The largest absolute Gasteiger partial charge is 0.379 e. The minimum absolute atomic E-state index is 0.0430. The fourth-order valence-electron chi connectivity index (χ4n) is 3.91. The van der Waals surface area contributed by atoms with Crippen LogP contribution in [0.2, 0.25) is 0 Å². The first-order valence-electron chi connectivity index (χ1n) is 11.0. The van der Waals surface area contributed by atoms with Gasteiger partial charge in [-0.3, -0.25) is 4.79 Å². The van der Waals surface area contributed by atoms with Gasteiger partial charge >= 0.3 is 0 Å². The first-order chi connectivity index (χ1) is 15.9. The highest BCUT2D eigenvalue weighted by Gasteiger charge is 2.27. The molecule has 1 aliphatic heterocycles. The molecule has 2 aromatic carbocycles. The summed E-state index contributed by atoms with van der Waals surface area (Å²) in [6.07, 6.45) is 0. The second kappa shape index (κ2) is 9.86. The lowest BCUT2D eigenvalue weighted by Gasteiger charge is -2.28. The maximum absolute atomic E-state index is 13.2. The lowest BCUT2D eigenvalue weighted by atomic mass is 10.2. The van der Waals surface area contributed by atoms with Crippen molar-refractivity contribution in [3.05, 3.63) is 42.5 Å². The molecule has 1 fully saturated rings. The molecule has 0 saturated carbocycles. The number of ether oxygens (including phenoxy) is 1. The number of aromatic nitrogens is 3. The summed E-state index contributed by atoms with van der Waals surface area (Å²) in [6.45, 7) is 6.74. The van der Waals surface area contributed by atoms with Gasteiger partial charge in [0.15, 0.2) is 0 Å². The van der Waals surface area contributed by atoms with Gasteiger partial charge in [0.1, 0.15) is 12.1 Å². The van der Waals surface area contributed by atoms with E-state index in [1.807, 2.05) is 38.1 Å². The molecule has 2 heterocycles. The number of amides is 1. The molecule has 1 aromatic heterocycles. The molecule has 1 amide bonds. The second-order valence-electron chi connectivity index (χ2n) is 7.65. The Bertz CT molecular complexity index is 1230. The molecule has 176 valence electrons. The minimum Gasteiger partial charge on any atom is -0.379 e. The van der Waals surface area contributed by atoms with E-state index in [0.29, 0.717) is 50.6 Å². The molecule has 0 bridgehead atoms. The molecule has 10 nitrogen and oxygen atoms in total. The first kappa shape index (κ1) is 23.1. The first-order valence-corrected chi connectivity index (χ1v) is 12.4. The maximum Gasteiger partial charge on any atom is 0.246 e. The molecular formula is C22H28N6O4S. The van der Waals surface area contributed by atoms with Crippen LogP contribution in [-0.4, -0.2) is 73.0 Å². The molecule has 0 unspecified atom stereocenters. The number of fused-ring (bicyclic) bond motifs is 1. The van der Waals surface area contributed by atoms with E-state index >= 15 is 0 Å². The number of anilines is 2. The number of benzene rings is 2. The maximum atomic E-state index is 13.2. The van der Waals surface area contributed by atoms with Crippen LogP contribution >= 0.6 is 0 Å². The van der Waals surface area contributed by atoms with Crippen LogP contribution in [0, 0.1) is 0 Å². The van der Waals surface area contributed by atoms with Crippen LogP contribution in [0.15, 0.2) is 47.4 Å². The number of sulfonamides is 1. The summed E-state index contributed by atoms with van der Waals surface area (Å²) in [5.74, 6) is -0.319. The number of hydrogen-bond donors (Lipinski definition) is 1. The predicted molar refractivity (Wildman–Crippen MR) is 126 cm³/mol. The SMILES string of the molecule is CCN(CC)c1ccc(S(=O)(=O)N2CCOCC2)cc1NC(=O)Cn1nnc2ccccc21. The summed E-state index contributed by atoms with van der Waals surface area (Å²) in [7, 11) is -3.70. The van der Waals surface area contributed by atoms with Crippen molar-refractivity contribution in [2.24, 2.45) is 0 Å². The molecule has 3 aromatic rings. The lowest BCUT2D eigenvalue weighted by molar-refractivity contribution is -0.116. The molecule has 1 saturated heterocycles. The second-order valence-corrected chi connectivity index (χ2v) is 9.59. The summed E-state index contributed by atoms with van der Waals surface area (Å²) in [6, 6.07) is 12.3. The van der Waals surface area contributed by atoms with Gasteiger partial charge < -0.3 is 15.0 Å². The zero-order chi connectivity index (χ0) is 23.4. The molecule has 11 heteroatoms. The molecule has 0 radical (unpaired) electrons. The van der Waals surface area contributed by atoms with E-state index in [1.54, 1.807) is 12.1 Å². The number of carbonyl (C=O) groups is 1. The normalized spacial score (nSPS) is 15.0. The third-order valence-corrected chi connectivity index (χ3v) is 7.56. The Kier molecular flexibility index (Phi) is 6.91. The van der Waals surface area contributed by atoms with Gasteiger partial charge in [0.2, 0.25) is 15.9 Å². The summed E-state index contributed by atoms with van der Waals surface area (Å²) in [5, 5.41) is 11.0. The van der Waals surface area contributed by atoms with E-state index in [2.05, 4.69) is 20.5 Å². The Morgan fingerprint density at radius 2 is 1.85 bits per heavy atom. The number of nitrogens with zero attached hydrogens (tertiary/aromatic N) is 5. The lowest BCUT2D eigenvalue weighted by Crippen LogP contribution is -2.40. The summed E-state index contributed by atoms with van der Waals surface area (Å²) >= 11 is 0. The van der Waals surface area contributed by atoms with Crippen molar-refractivity contribution in [1.82, 2.24) is 19.3 Å². The van der Waals surface area contributed by atoms with Crippen LogP contribution in [0.25, 0.3) is 11.0 Å². The molecule has 0 spiro atoms. The Hall–Kier alpha value is -3.02. The Morgan fingerprint density at radius 1 is 1.12 bits per heavy atom. The van der Waals surface area contributed by atoms with Crippen molar-refractivity contribution < 1.29 is 17.9 Å². The monoisotopic (exact) mass is 472 g/mol. The molecular weight excluding hydrogens is 444 g/mol. The number of morpholine rings is 1. The number of para-hydroxylation sites is 1. The highest BCUT2D eigenvalue weighted by Crippen LogP contribution is 2.30. The van der Waals surface area contributed by atoms with Gasteiger partial charge in [0, 0.05) is 26.2 Å². The fourth-order valence-corrected chi connectivity index (χ4v) is 5.35. The van der Waals surface area contributed by atoms with Crippen LogP contribution in [0.5, 0.6) is 0 Å². The highest BCUT2D eigenvalue weighted by atomic mass is 32.2.